The molecule has 2 aliphatic rings. The lowest BCUT2D eigenvalue weighted by molar-refractivity contribution is -0.121. The van der Waals surface area contributed by atoms with Crippen molar-refractivity contribution in [3.8, 4) is 0 Å². The fourth-order valence-corrected chi connectivity index (χ4v) is 3.96. The summed E-state index contributed by atoms with van der Waals surface area (Å²) in [5.41, 5.74) is 2.52. The minimum absolute atomic E-state index is 0.00808. The standard InChI is InChI=1S/C14H12BrClO/c15-13-7-9-1-2-10(16)8-12(9)14(13)5-3-11(17)4-6-14/h1-2,7-8H,3-6H2. The van der Waals surface area contributed by atoms with Crippen molar-refractivity contribution in [2.75, 3.05) is 0 Å². The van der Waals surface area contributed by atoms with Crippen molar-refractivity contribution >= 4 is 39.4 Å². The molecule has 0 N–H and O–H groups in total. The normalized spacial score (nSPS) is 21.5. The highest BCUT2D eigenvalue weighted by Crippen LogP contribution is 2.53. The molecule has 88 valence electrons. The van der Waals surface area contributed by atoms with Gasteiger partial charge in [-0.15, -0.1) is 0 Å². The van der Waals surface area contributed by atoms with Crippen molar-refractivity contribution in [1.82, 2.24) is 0 Å². The van der Waals surface area contributed by atoms with Crippen molar-refractivity contribution in [3.63, 3.8) is 0 Å². The van der Waals surface area contributed by atoms with Crippen LogP contribution in [-0.4, -0.2) is 5.78 Å². The number of benzene rings is 1. The SMILES string of the molecule is O=C1CCC2(CC1)C(Br)=Cc1ccc(Cl)cc12. The minimum atomic E-state index is 0.00808. The Hall–Kier alpha value is -0.600. The third-order valence-electron chi connectivity index (χ3n) is 3.93. The maximum atomic E-state index is 11.4. The first kappa shape index (κ1) is 11.5. The van der Waals surface area contributed by atoms with Gasteiger partial charge in [0.05, 0.1) is 0 Å². The van der Waals surface area contributed by atoms with Crippen molar-refractivity contribution in [3.05, 3.63) is 38.8 Å². The number of allylic oxidation sites excluding steroid dienone is 1. The molecule has 1 spiro atoms. The Balaban J connectivity index is 2.10. The zero-order valence-electron chi connectivity index (χ0n) is 9.30. The number of ketones is 1. The number of fused-ring (bicyclic) bond motifs is 2. The number of carbonyl (C=O) groups excluding carboxylic acids is 1. The van der Waals surface area contributed by atoms with Gasteiger partial charge in [0.25, 0.3) is 0 Å². The predicted octanol–water partition coefficient (Wildman–Crippen LogP) is 4.47. The van der Waals surface area contributed by atoms with E-state index in [1.807, 2.05) is 6.07 Å². The van der Waals surface area contributed by atoms with Crippen LogP contribution in [0.5, 0.6) is 0 Å². The van der Waals surface area contributed by atoms with Crippen LogP contribution in [0.25, 0.3) is 6.08 Å². The van der Waals surface area contributed by atoms with Gasteiger partial charge < -0.3 is 0 Å². The van der Waals surface area contributed by atoms with Crippen molar-refractivity contribution in [2.45, 2.75) is 31.1 Å². The Morgan fingerprint density at radius 2 is 1.94 bits per heavy atom. The Morgan fingerprint density at radius 3 is 2.65 bits per heavy atom. The van der Waals surface area contributed by atoms with E-state index in [4.69, 9.17) is 11.6 Å². The lowest BCUT2D eigenvalue weighted by atomic mass is 9.70. The zero-order chi connectivity index (χ0) is 12.0. The van der Waals surface area contributed by atoms with Crippen LogP contribution in [0.2, 0.25) is 5.02 Å². The summed E-state index contributed by atoms with van der Waals surface area (Å²) in [7, 11) is 0. The Bertz CT molecular complexity index is 523. The van der Waals surface area contributed by atoms with Crippen molar-refractivity contribution in [2.24, 2.45) is 0 Å². The molecule has 0 unspecified atom stereocenters. The number of rotatable bonds is 0. The summed E-state index contributed by atoms with van der Waals surface area (Å²) < 4.78 is 1.20. The van der Waals surface area contributed by atoms with Crippen LogP contribution in [0.1, 0.15) is 36.8 Å². The van der Waals surface area contributed by atoms with Crippen LogP contribution in [0.15, 0.2) is 22.7 Å². The summed E-state index contributed by atoms with van der Waals surface area (Å²) in [4.78, 5) is 11.4. The molecule has 1 saturated carbocycles. The molecule has 1 nitrogen and oxygen atoms in total. The van der Waals surface area contributed by atoms with Gasteiger partial charge in [0.2, 0.25) is 0 Å². The number of halogens is 2. The van der Waals surface area contributed by atoms with Gasteiger partial charge in [-0.05, 0) is 42.2 Å². The number of carbonyl (C=O) groups is 1. The molecule has 0 bridgehead atoms. The summed E-state index contributed by atoms with van der Waals surface area (Å²) in [6.07, 6.45) is 5.32. The molecule has 0 heterocycles. The maximum absolute atomic E-state index is 11.4. The van der Waals surface area contributed by atoms with Crippen molar-refractivity contribution in [1.29, 1.82) is 0 Å². The second-order valence-corrected chi connectivity index (χ2v) is 6.14. The lowest BCUT2D eigenvalue weighted by Gasteiger charge is -2.35. The minimum Gasteiger partial charge on any atom is -0.300 e. The van der Waals surface area contributed by atoms with Crippen LogP contribution < -0.4 is 0 Å². The summed E-state index contributed by atoms with van der Waals surface area (Å²) >= 11 is 9.79. The Morgan fingerprint density at radius 1 is 1.24 bits per heavy atom. The average molecular weight is 312 g/mol. The van der Waals surface area contributed by atoms with Gasteiger partial charge in [-0.2, -0.15) is 0 Å². The van der Waals surface area contributed by atoms with E-state index in [1.54, 1.807) is 0 Å². The topological polar surface area (TPSA) is 17.1 Å². The second kappa shape index (κ2) is 3.96. The van der Waals surface area contributed by atoms with Gasteiger partial charge in [0.15, 0.2) is 0 Å². The average Bonchev–Trinajstić information content (AvgIpc) is 2.57. The molecular formula is C14H12BrClO. The first-order chi connectivity index (χ1) is 8.12. The first-order valence-corrected chi connectivity index (χ1v) is 6.98. The second-order valence-electron chi connectivity index (χ2n) is 4.84. The lowest BCUT2D eigenvalue weighted by Crippen LogP contribution is -2.30. The van der Waals surface area contributed by atoms with E-state index in [2.05, 4.69) is 34.1 Å². The van der Waals surface area contributed by atoms with Crippen LogP contribution in [0.3, 0.4) is 0 Å². The molecule has 1 aromatic rings. The molecule has 0 saturated heterocycles. The molecule has 1 fully saturated rings. The molecule has 0 aliphatic heterocycles. The highest BCUT2D eigenvalue weighted by Gasteiger charge is 2.43. The van der Waals surface area contributed by atoms with Crippen LogP contribution in [0, 0.1) is 0 Å². The molecule has 0 aromatic heterocycles. The molecule has 1 aromatic carbocycles. The van der Waals surface area contributed by atoms with E-state index < -0.39 is 0 Å². The third kappa shape index (κ3) is 1.69. The molecular weight excluding hydrogens is 300 g/mol. The van der Waals surface area contributed by atoms with Gasteiger partial charge in [-0.25, -0.2) is 0 Å². The molecule has 17 heavy (non-hydrogen) atoms. The molecule has 0 amide bonds. The predicted molar refractivity (Wildman–Crippen MR) is 73.5 cm³/mol. The monoisotopic (exact) mass is 310 g/mol. The van der Waals surface area contributed by atoms with E-state index in [0.29, 0.717) is 18.6 Å². The van der Waals surface area contributed by atoms with Crippen LogP contribution >= 0.6 is 27.5 Å². The quantitative estimate of drug-likeness (QED) is 0.691. The highest BCUT2D eigenvalue weighted by molar-refractivity contribution is 9.11. The smallest absolute Gasteiger partial charge is 0.133 e. The summed E-state index contributed by atoms with van der Waals surface area (Å²) in [6, 6.07) is 6.03. The van der Waals surface area contributed by atoms with Gasteiger partial charge in [0, 0.05) is 27.8 Å². The third-order valence-corrected chi connectivity index (χ3v) is 5.15. The number of Topliss-reactive ketones (excluding diaryl/α,β-unsaturated/α-hetero) is 1. The molecule has 3 rings (SSSR count). The maximum Gasteiger partial charge on any atom is 0.133 e. The van der Waals surface area contributed by atoms with Gasteiger partial charge in [0.1, 0.15) is 5.78 Å². The van der Waals surface area contributed by atoms with E-state index in [1.165, 1.54) is 15.6 Å². The van der Waals surface area contributed by atoms with E-state index in [-0.39, 0.29) is 5.41 Å². The van der Waals surface area contributed by atoms with Crippen LogP contribution in [-0.2, 0) is 10.2 Å². The van der Waals surface area contributed by atoms with E-state index in [0.717, 1.165) is 17.9 Å². The Labute approximate surface area is 114 Å². The van der Waals surface area contributed by atoms with Gasteiger partial charge in [-0.3, -0.25) is 4.79 Å². The summed E-state index contributed by atoms with van der Waals surface area (Å²) in [5.74, 6) is 0.381. The van der Waals surface area contributed by atoms with Gasteiger partial charge in [-0.1, -0.05) is 33.6 Å². The molecule has 0 radical (unpaired) electrons. The van der Waals surface area contributed by atoms with Crippen LogP contribution in [0.4, 0.5) is 0 Å². The highest BCUT2D eigenvalue weighted by atomic mass is 79.9. The fourth-order valence-electron chi connectivity index (χ4n) is 2.94. The van der Waals surface area contributed by atoms with Crippen molar-refractivity contribution < 1.29 is 4.79 Å². The number of hydrogen-bond acceptors (Lipinski definition) is 1. The largest absolute Gasteiger partial charge is 0.300 e. The Kier molecular flexibility index (Phi) is 2.68. The summed E-state index contributed by atoms with van der Waals surface area (Å²) in [6.45, 7) is 0. The fraction of sp³-hybridized carbons (Fsp3) is 0.357. The molecule has 0 atom stereocenters. The van der Waals surface area contributed by atoms with E-state index in [9.17, 15) is 4.79 Å². The first-order valence-electron chi connectivity index (χ1n) is 5.81. The zero-order valence-corrected chi connectivity index (χ0v) is 11.6. The number of hydrogen-bond donors (Lipinski definition) is 0. The molecule has 3 heteroatoms. The van der Waals surface area contributed by atoms with E-state index >= 15 is 0 Å². The molecule has 2 aliphatic carbocycles. The summed E-state index contributed by atoms with van der Waals surface area (Å²) in [5, 5.41) is 0.774. The van der Waals surface area contributed by atoms with Gasteiger partial charge >= 0.3 is 0 Å².